The minimum atomic E-state index is -1.07. The molecule has 2 aliphatic heterocycles. The molecule has 0 aromatic heterocycles. The normalized spacial score (nSPS) is 17.8. The Hall–Kier alpha value is -3.86. The number of hydrogen-bond acceptors (Lipinski definition) is 6. The van der Waals surface area contributed by atoms with Crippen LogP contribution >= 0.6 is 0 Å². The first-order chi connectivity index (χ1) is 14.5. The lowest BCUT2D eigenvalue weighted by Crippen LogP contribution is -2.43. The Labute approximate surface area is 173 Å². The molecule has 0 spiro atoms. The van der Waals surface area contributed by atoms with E-state index in [1.807, 2.05) is 11.0 Å². The van der Waals surface area contributed by atoms with Crippen LogP contribution in [0, 0.1) is 11.3 Å². The number of para-hydroxylation sites is 1. The summed E-state index contributed by atoms with van der Waals surface area (Å²) in [5, 5.41) is 14.6. The van der Waals surface area contributed by atoms with Gasteiger partial charge in [-0.2, -0.15) is 5.26 Å². The minimum absolute atomic E-state index is 0.0746. The van der Waals surface area contributed by atoms with Crippen molar-refractivity contribution in [1.29, 1.82) is 5.26 Å². The predicted octanol–water partition coefficient (Wildman–Crippen LogP) is 2.66. The zero-order chi connectivity index (χ0) is 21.3. The number of ether oxygens (including phenoxy) is 1. The van der Waals surface area contributed by atoms with E-state index < -0.39 is 18.0 Å². The molecule has 2 atom stereocenters. The Balaban J connectivity index is 1.45. The first kappa shape index (κ1) is 19.5. The first-order valence-electron chi connectivity index (χ1n) is 9.70. The van der Waals surface area contributed by atoms with Crippen LogP contribution in [0.2, 0.25) is 0 Å². The molecule has 2 aromatic rings. The Morgan fingerprint density at radius 1 is 1.30 bits per heavy atom. The standard InChI is InChI=1S/C22H20N4O4/c1-13(20(27)24-16-6-3-2-5-15(16)12-23)30-22(29)14-8-9-18-17(11-14)25-21(28)19-7-4-10-26(18)19/h2-3,5-6,8-9,11,13,19H,4,7,10H2,1H3,(H,24,27)(H,25,28)/t13-,19-/m1/s1. The Morgan fingerprint density at radius 2 is 2.10 bits per heavy atom. The van der Waals surface area contributed by atoms with Gasteiger partial charge in [0, 0.05) is 6.54 Å². The molecule has 2 amide bonds. The van der Waals surface area contributed by atoms with Gasteiger partial charge in [-0.05, 0) is 50.1 Å². The third-order valence-corrected chi connectivity index (χ3v) is 5.31. The van der Waals surface area contributed by atoms with Crippen LogP contribution < -0.4 is 15.5 Å². The number of carbonyl (C=O) groups is 3. The van der Waals surface area contributed by atoms with E-state index in [1.54, 1.807) is 42.5 Å². The number of nitriles is 1. The van der Waals surface area contributed by atoms with Crippen molar-refractivity contribution in [1.82, 2.24) is 0 Å². The monoisotopic (exact) mass is 404 g/mol. The summed E-state index contributed by atoms with van der Waals surface area (Å²) in [7, 11) is 0. The van der Waals surface area contributed by atoms with Gasteiger partial charge >= 0.3 is 5.97 Å². The van der Waals surface area contributed by atoms with Gasteiger partial charge < -0.3 is 20.3 Å². The van der Waals surface area contributed by atoms with E-state index in [4.69, 9.17) is 10.00 Å². The van der Waals surface area contributed by atoms with E-state index >= 15 is 0 Å². The molecular formula is C22H20N4O4. The van der Waals surface area contributed by atoms with E-state index in [2.05, 4.69) is 10.6 Å². The lowest BCUT2D eigenvalue weighted by Gasteiger charge is -2.33. The Kier molecular flexibility index (Phi) is 5.11. The van der Waals surface area contributed by atoms with Gasteiger partial charge in [0.15, 0.2) is 6.10 Å². The highest BCUT2D eigenvalue weighted by Crippen LogP contribution is 2.37. The second-order valence-corrected chi connectivity index (χ2v) is 7.27. The fraction of sp³-hybridized carbons (Fsp3) is 0.273. The molecule has 1 saturated heterocycles. The van der Waals surface area contributed by atoms with Crippen molar-refractivity contribution in [2.24, 2.45) is 0 Å². The molecule has 2 aromatic carbocycles. The number of benzene rings is 2. The summed E-state index contributed by atoms with van der Waals surface area (Å²) in [5.74, 6) is -1.29. The molecule has 2 N–H and O–H groups in total. The summed E-state index contributed by atoms with van der Waals surface area (Å²) in [6, 6.07) is 13.4. The number of nitrogens with zero attached hydrogens (tertiary/aromatic N) is 2. The molecule has 0 bridgehead atoms. The van der Waals surface area contributed by atoms with Crippen molar-refractivity contribution in [2.75, 3.05) is 22.1 Å². The van der Waals surface area contributed by atoms with Gasteiger partial charge in [0.2, 0.25) is 5.91 Å². The molecule has 152 valence electrons. The summed E-state index contributed by atoms with van der Waals surface area (Å²) >= 11 is 0. The van der Waals surface area contributed by atoms with Crippen LogP contribution in [0.15, 0.2) is 42.5 Å². The van der Waals surface area contributed by atoms with Gasteiger partial charge in [-0.1, -0.05) is 12.1 Å². The Morgan fingerprint density at radius 3 is 2.90 bits per heavy atom. The summed E-state index contributed by atoms with van der Waals surface area (Å²) in [5.41, 5.74) is 2.35. The highest BCUT2D eigenvalue weighted by atomic mass is 16.5. The summed E-state index contributed by atoms with van der Waals surface area (Å²) < 4.78 is 5.29. The average Bonchev–Trinajstić information content (AvgIpc) is 3.24. The molecule has 1 fully saturated rings. The molecule has 0 aliphatic carbocycles. The van der Waals surface area contributed by atoms with Gasteiger partial charge in [-0.15, -0.1) is 0 Å². The van der Waals surface area contributed by atoms with Crippen LogP contribution in [-0.4, -0.2) is 36.5 Å². The van der Waals surface area contributed by atoms with Gasteiger partial charge in [0.1, 0.15) is 12.1 Å². The number of carbonyl (C=O) groups excluding carboxylic acids is 3. The van der Waals surface area contributed by atoms with E-state index in [0.717, 1.165) is 25.1 Å². The zero-order valence-corrected chi connectivity index (χ0v) is 16.3. The molecule has 0 radical (unpaired) electrons. The lowest BCUT2D eigenvalue weighted by molar-refractivity contribution is -0.123. The summed E-state index contributed by atoms with van der Waals surface area (Å²) in [6.45, 7) is 2.26. The fourth-order valence-corrected chi connectivity index (χ4v) is 3.76. The Bertz CT molecular complexity index is 1080. The molecule has 0 unspecified atom stereocenters. The number of hydrogen-bond donors (Lipinski definition) is 2. The summed E-state index contributed by atoms with van der Waals surface area (Å²) in [6.07, 6.45) is 0.692. The van der Waals surface area contributed by atoms with Crippen molar-refractivity contribution in [3.63, 3.8) is 0 Å². The van der Waals surface area contributed by atoms with Crippen LogP contribution in [0.4, 0.5) is 17.1 Å². The maximum absolute atomic E-state index is 12.5. The number of nitrogens with one attached hydrogen (secondary N) is 2. The van der Waals surface area contributed by atoms with Crippen LogP contribution in [0.5, 0.6) is 0 Å². The number of amides is 2. The molecule has 8 heteroatoms. The maximum atomic E-state index is 12.5. The predicted molar refractivity (Wildman–Crippen MR) is 110 cm³/mol. The van der Waals surface area contributed by atoms with Gasteiger partial charge in [-0.3, -0.25) is 9.59 Å². The lowest BCUT2D eigenvalue weighted by atomic mass is 10.1. The van der Waals surface area contributed by atoms with Crippen molar-refractivity contribution in [3.8, 4) is 6.07 Å². The van der Waals surface area contributed by atoms with Crippen LogP contribution in [0.3, 0.4) is 0 Å². The number of fused-ring (bicyclic) bond motifs is 3. The van der Waals surface area contributed by atoms with E-state index in [-0.39, 0.29) is 17.5 Å². The van der Waals surface area contributed by atoms with Gasteiger partial charge in [-0.25, -0.2) is 4.79 Å². The number of esters is 1. The molecule has 0 saturated carbocycles. The fourth-order valence-electron chi connectivity index (χ4n) is 3.76. The van der Waals surface area contributed by atoms with Crippen molar-refractivity contribution in [2.45, 2.75) is 31.9 Å². The molecule has 4 rings (SSSR count). The molecule has 2 aliphatic rings. The second-order valence-electron chi connectivity index (χ2n) is 7.27. The second kappa shape index (κ2) is 7.87. The third-order valence-electron chi connectivity index (χ3n) is 5.31. The van der Waals surface area contributed by atoms with Crippen molar-refractivity contribution < 1.29 is 19.1 Å². The maximum Gasteiger partial charge on any atom is 0.338 e. The van der Waals surface area contributed by atoms with E-state index in [0.29, 0.717) is 16.9 Å². The molecule has 8 nitrogen and oxygen atoms in total. The minimum Gasteiger partial charge on any atom is -0.449 e. The molecule has 2 heterocycles. The van der Waals surface area contributed by atoms with Crippen molar-refractivity contribution >= 4 is 34.8 Å². The first-order valence-corrected chi connectivity index (χ1v) is 9.70. The van der Waals surface area contributed by atoms with Crippen molar-refractivity contribution in [3.05, 3.63) is 53.6 Å². The van der Waals surface area contributed by atoms with Crippen LogP contribution in [0.25, 0.3) is 0 Å². The highest BCUT2D eigenvalue weighted by Gasteiger charge is 2.36. The van der Waals surface area contributed by atoms with Gasteiger partial charge in [0.05, 0.1) is 28.2 Å². The molecular weight excluding hydrogens is 384 g/mol. The van der Waals surface area contributed by atoms with Crippen LogP contribution in [-0.2, 0) is 14.3 Å². The highest BCUT2D eigenvalue weighted by molar-refractivity contribution is 6.06. The average molecular weight is 404 g/mol. The van der Waals surface area contributed by atoms with E-state index in [1.165, 1.54) is 6.92 Å². The van der Waals surface area contributed by atoms with Crippen LogP contribution in [0.1, 0.15) is 35.7 Å². The number of anilines is 3. The van der Waals surface area contributed by atoms with E-state index in [9.17, 15) is 14.4 Å². The smallest absolute Gasteiger partial charge is 0.338 e. The van der Waals surface area contributed by atoms with Gasteiger partial charge in [0.25, 0.3) is 5.91 Å². The SMILES string of the molecule is C[C@@H](OC(=O)c1ccc2c(c1)NC(=O)[C@H]1CCCN21)C(=O)Nc1ccccc1C#N. The topological polar surface area (TPSA) is 112 Å². The number of rotatable bonds is 4. The third kappa shape index (κ3) is 3.57. The quantitative estimate of drug-likeness (QED) is 0.758. The molecule has 30 heavy (non-hydrogen) atoms. The largest absolute Gasteiger partial charge is 0.449 e. The summed E-state index contributed by atoms with van der Waals surface area (Å²) in [4.78, 5) is 39.3. The zero-order valence-electron chi connectivity index (χ0n) is 16.3.